The first kappa shape index (κ1) is 14.9. The van der Waals surface area contributed by atoms with Crippen molar-refractivity contribution in [1.29, 1.82) is 0 Å². The molecule has 0 atom stereocenters. The van der Waals surface area contributed by atoms with E-state index in [-0.39, 0.29) is 12.5 Å². The molecule has 0 aliphatic carbocycles. The van der Waals surface area contributed by atoms with Crippen LogP contribution in [0.25, 0.3) is 0 Å². The zero-order valence-electron chi connectivity index (χ0n) is 11.0. The van der Waals surface area contributed by atoms with Crippen molar-refractivity contribution in [1.82, 2.24) is 15.2 Å². The molecule has 1 aromatic rings. The van der Waals surface area contributed by atoms with E-state index in [1.807, 2.05) is 25.1 Å². The molecule has 6 heteroatoms. The molecule has 6 nitrogen and oxygen atoms in total. The van der Waals surface area contributed by atoms with E-state index in [0.717, 1.165) is 5.69 Å². The fourth-order valence-electron chi connectivity index (χ4n) is 1.56. The van der Waals surface area contributed by atoms with Gasteiger partial charge in [-0.15, -0.1) is 0 Å². The fraction of sp³-hybridized carbons (Fsp3) is 0.462. The maximum atomic E-state index is 11.9. The predicted molar refractivity (Wildman–Crippen MR) is 70.6 cm³/mol. The van der Waals surface area contributed by atoms with Crippen LogP contribution >= 0.6 is 0 Å². The van der Waals surface area contributed by atoms with Crippen molar-refractivity contribution in [3.8, 4) is 0 Å². The highest BCUT2D eigenvalue weighted by atomic mass is 16.4. The van der Waals surface area contributed by atoms with Gasteiger partial charge in [0.15, 0.2) is 0 Å². The number of hydrogen-bond acceptors (Lipinski definition) is 3. The van der Waals surface area contributed by atoms with E-state index in [4.69, 9.17) is 5.11 Å². The number of carbonyl (C=O) groups is 2. The number of urea groups is 1. The van der Waals surface area contributed by atoms with Crippen molar-refractivity contribution in [3.05, 3.63) is 30.1 Å². The minimum absolute atomic E-state index is 0.0621. The maximum absolute atomic E-state index is 11.9. The van der Waals surface area contributed by atoms with Crippen LogP contribution in [0.15, 0.2) is 24.4 Å². The number of pyridine rings is 1. The Balaban J connectivity index is 2.37. The summed E-state index contributed by atoms with van der Waals surface area (Å²) in [6.07, 6.45) is 2.18. The maximum Gasteiger partial charge on any atom is 0.317 e. The average molecular weight is 265 g/mol. The SMILES string of the molecule is CCN(Cc1ccccn1)C(=O)NCCCC(=O)O. The Morgan fingerprint density at radius 2 is 2.21 bits per heavy atom. The summed E-state index contributed by atoms with van der Waals surface area (Å²) in [5.74, 6) is -0.852. The minimum Gasteiger partial charge on any atom is -0.481 e. The lowest BCUT2D eigenvalue weighted by molar-refractivity contribution is -0.137. The van der Waals surface area contributed by atoms with Gasteiger partial charge in [-0.05, 0) is 25.5 Å². The van der Waals surface area contributed by atoms with Crippen LogP contribution in [-0.2, 0) is 11.3 Å². The van der Waals surface area contributed by atoms with Crippen LogP contribution in [0.2, 0.25) is 0 Å². The Hall–Kier alpha value is -2.11. The highest BCUT2D eigenvalue weighted by molar-refractivity contribution is 5.74. The van der Waals surface area contributed by atoms with E-state index < -0.39 is 5.97 Å². The second-order valence-corrected chi connectivity index (χ2v) is 4.06. The summed E-state index contributed by atoms with van der Waals surface area (Å²) < 4.78 is 0. The normalized spacial score (nSPS) is 9.95. The Morgan fingerprint density at radius 3 is 2.79 bits per heavy atom. The molecular weight excluding hydrogens is 246 g/mol. The van der Waals surface area contributed by atoms with Gasteiger partial charge in [-0.2, -0.15) is 0 Å². The highest BCUT2D eigenvalue weighted by Gasteiger charge is 2.11. The molecule has 0 bridgehead atoms. The number of carboxylic acids is 1. The lowest BCUT2D eigenvalue weighted by atomic mass is 10.3. The van der Waals surface area contributed by atoms with E-state index in [1.54, 1.807) is 11.1 Å². The molecule has 0 unspecified atom stereocenters. The van der Waals surface area contributed by atoms with Gasteiger partial charge in [-0.1, -0.05) is 6.07 Å². The van der Waals surface area contributed by atoms with E-state index in [0.29, 0.717) is 26.1 Å². The lowest BCUT2D eigenvalue weighted by Crippen LogP contribution is -2.40. The molecule has 104 valence electrons. The summed E-state index contributed by atoms with van der Waals surface area (Å²) in [7, 11) is 0. The molecular formula is C13H19N3O3. The molecule has 1 rings (SSSR count). The lowest BCUT2D eigenvalue weighted by Gasteiger charge is -2.20. The standard InChI is InChI=1S/C13H19N3O3/c1-2-16(10-11-6-3-4-8-14-11)13(19)15-9-5-7-12(17)18/h3-4,6,8H,2,5,7,9-10H2,1H3,(H,15,19)(H,17,18). The van der Waals surface area contributed by atoms with Crippen LogP contribution in [0, 0.1) is 0 Å². The predicted octanol–water partition coefficient (Wildman–Crippen LogP) is 1.48. The highest BCUT2D eigenvalue weighted by Crippen LogP contribution is 2.01. The molecule has 19 heavy (non-hydrogen) atoms. The first-order valence-electron chi connectivity index (χ1n) is 6.28. The fourth-order valence-corrected chi connectivity index (χ4v) is 1.56. The molecule has 0 radical (unpaired) electrons. The van der Waals surface area contributed by atoms with Crippen LogP contribution in [-0.4, -0.2) is 40.1 Å². The van der Waals surface area contributed by atoms with E-state index in [1.165, 1.54) is 0 Å². The molecule has 0 spiro atoms. The van der Waals surface area contributed by atoms with Gasteiger partial charge in [0.1, 0.15) is 0 Å². The van der Waals surface area contributed by atoms with E-state index in [9.17, 15) is 9.59 Å². The van der Waals surface area contributed by atoms with Crippen molar-refractivity contribution in [2.45, 2.75) is 26.3 Å². The summed E-state index contributed by atoms with van der Waals surface area (Å²) in [6.45, 7) is 3.27. The van der Waals surface area contributed by atoms with E-state index in [2.05, 4.69) is 10.3 Å². The Labute approximate surface area is 112 Å². The van der Waals surface area contributed by atoms with Gasteiger partial charge in [0, 0.05) is 25.7 Å². The largest absolute Gasteiger partial charge is 0.481 e. The molecule has 1 heterocycles. The van der Waals surface area contributed by atoms with Crippen molar-refractivity contribution in [3.63, 3.8) is 0 Å². The third kappa shape index (κ3) is 5.85. The molecule has 0 fully saturated rings. The summed E-state index contributed by atoms with van der Waals surface area (Å²) in [4.78, 5) is 28.0. The van der Waals surface area contributed by atoms with Gasteiger partial charge < -0.3 is 15.3 Å². The van der Waals surface area contributed by atoms with E-state index >= 15 is 0 Å². The average Bonchev–Trinajstić information content (AvgIpc) is 2.41. The van der Waals surface area contributed by atoms with Crippen molar-refractivity contribution in [2.24, 2.45) is 0 Å². The number of nitrogens with one attached hydrogen (secondary N) is 1. The smallest absolute Gasteiger partial charge is 0.317 e. The van der Waals surface area contributed by atoms with Crippen LogP contribution in [0.5, 0.6) is 0 Å². The van der Waals surface area contributed by atoms with Gasteiger partial charge >= 0.3 is 12.0 Å². The summed E-state index contributed by atoms with van der Waals surface area (Å²) in [5.41, 5.74) is 0.824. The topological polar surface area (TPSA) is 82.5 Å². The van der Waals surface area contributed by atoms with Crippen LogP contribution < -0.4 is 5.32 Å². The summed E-state index contributed by atoms with van der Waals surface area (Å²) in [6, 6.07) is 5.37. The van der Waals surface area contributed by atoms with Gasteiger partial charge in [0.25, 0.3) is 0 Å². The summed E-state index contributed by atoms with van der Waals surface area (Å²) in [5, 5.41) is 11.2. The Morgan fingerprint density at radius 1 is 1.42 bits per heavy atom. The third-order valence-corrected chi connectivity index (χ3v) is 2.59. The number of carbonyl (C=O) groups excluding carboxylic acids is 1. The monoisotopic (exact) mass is 265 g/mol. The van der Waals surface area contributed by atoms with Crippen LogP contribution in [0.4, 0.5) is 4.79 Å². The number of aromatic nitrogens is 1. The molecule has 0 saturated heterocycles. The number of amides is 2. The van der Waals surface area contributed by atoms with Gasteiger partial charge in [0.05, 0.1) is 12.2 Å². The first-order valence-corrected chi connectivity index (χ1v) is 6.28. The number of nitrogens with zero attached hydrogens (tertiary/aromatic N) is 2. The second-order valence-electron chi connectivity index (χ2n) is 4.06. The minimum atomic E-state index is -0.852. The number of carboxylic acid groups (broad SMARTS) is 1. The van der Waals surface area contributed by atoms with Crippen molar-refractivity contribution < 1.29 is 14.7 Å². The molecule has 0 aliphatic heterocycles. The first-order chi connectivity index (χ1) is 9.13. The van der Waals surface area contributed by atoms with Gasteiger partial charge in [-0.25, -0.2) is 4.79 Å². The Kier molecular flexibility index (Phi) is 6.35. The number of hydrogen-bond donors (Lipinski definition) is 2. The molecule has 0 aliphatic rings. The summed E-state index contributed by atoms with van der Waals surface area (Å²) >= 11 is 0. The van der Waals surface area contributed by atoms with Crippen LogP contribution in [0.3, 0.4) is 0 Å². The molecule has 2 N–H and O–H groups in total. The van der Waals surface area contributed by atoms with Gasteiger partial charge in [0.2, 0.25) is 0 Å². The second kappa shape index (κ2) is 8.07. The van der Waals surface area contributed by atoms with Crippen molar-refractivity contribution in [2.75, 3.05) is 13.1 Å². The van der Waals surface area contributed by atoms with Gasteiger partial charge in [-0.3, -0.25) is 9.78 Å². The zero-order chi connectivity index (χ0) is 14.1. The number of aliphatic carboxylic acids is 1. The quantitative estimate of drug-likeness (QED) is 0.731. The van der Waals surface area contributed by atoms with Crippen molar-refractivity contribution >= 4 is 12.0 Å². The third-order valence-electron chi connectivity index (χ3n) is 2.59. The van der Waals surface area contributed by atoms with Crippen LogP contribution in [0.1, 0.15) is 25.5 Å². The molecule has 0 saturated carbocycles. The number of rotatable bonds is 7. The zero-order valence-corrected chi connectivity index (χ0v) is 11.0. The Bertz CT molecular complexity index is 409. The molecule has 0 aromatic carbocycles. The molecule has 1 aromatic heterocycles. The molecule has 2 amide bonds.